The molecule has 0 radical (unpaired) electrons. The van der Waals surface area contributed by atoms with Gasteiger partial charge >= 0.3 is 6.03 Å². The van der Waals surface area contributed by atoms with Gasteiger partial charge in [0.05, 0.1) is 33.2 Å². The highest BCUT2D eigenvalue weighted by atomic mass is 16.5. The molecule has 1 aromatic heterocycles. The molecule has 0 spiro atoms. The molecule has 2 amide bonds. The summed E-state index contributed by atoms with van der Waals surface area (Å²) in [4.78, 5) is 22.3. The predicted octanol–water partition coefficient (Wildman–Crippen LogP) is 1.86. The van der Waals surface area contributed by atoms with Crippen LogP contribution in [0.2, 0.25) is 0 Å². The van der Waals surface area contributed by atoms with Gasteiger partial charge in [-0.3, -0.25) is 4.98 Å². The maximum atomic E-state index is 12.3. The average Bonchev–Trinajstić information content (AvgIpc) is 3.15. The van der Waals surface area contributed by atoms with Gasteiger partial charge in [-0.15, -0.1) is 0 Å². The minimum Gasteiger partial charge on any atom is -0.497 e. The Morgan fingerprint density at radius 1 is 1.19 bits per heavy atom. The van der Waals surface area contributed by atoms with Gasteiger partial charge in [-0.25, -0.2) is 4.79 Å². The lowest BCUT2D eigenvalue weighted by atomic mass is 10.2. The van der Waals surface area contributed by atoms with Gasteiger partial charge in [0.25, 0.3) is 0 Å². The van der Waals surface area contributed by atoms with Gasteiger partial charge in [0.1, 0.15) is 11.9 Å². The van der Waals surface area contributed by atoms with Crippen LogP contribution >= 0.6 is 0 Å². The monoisotopic (exact) mass is 358 g/mol. The van der Waals surface area contributed by atoms with Crippen LogP contribution in [0, 0.1) is 0 Å². The third-order valence-electron chi connectivity index (χ3n) is 4.12. The summed E-state index contributed by atoms with van der Waals surface area (Å²) in [5.74, 6) is 1.59. The summed E-state index contributed by atoms with van der Waals surface area (Å²) in [5.41, 5.74) is 1.01. The third kappa shape index (κ3) is 4.53. The lowest BCUT2D eigenvalue weighted by Crippen LogP contribution is -2.39. The average molecular weight is 358 g/mol. The molecule has 1 saturated heterocycles. The zero-order chi connectivity index (χ0) is 18.4. The van der Waals surface area contributed by atoms with Crippen molar-refractivity contribution in [2.24, 2.45) is 0 Å². The summed E-state index contributed by atoms with van der Waals surface area (Å²) in [6.07, 6.45) is 3.69. The molecule has 1 aliphatic rings. The van der Waals surface area contributed by atoms with Gasteiger partial charge in [0.2, 0.25) is 11.8 Å². The molecule has 1 fully saturated rings. The fourth-order valence-corrected chi connectivity index (χ4v) is 2.70. The first-order valence-electron chi connectivity index (χ1n) is 8.36. The van der Waals surface area contributed by atoms with Crippen LogP contribution in [0.15, 0.2) is 36.7 Å². The fourth-order valence-electron chi connectivity index (χ4n) is 2.70. The number of benzene rings is 1. The molecule has 26 heavy (non-hydrogen) atoms. The van der Waals surface area contributed by atoms with E-state index in [1.165, 1.54) is 19.5 Å². The molecule has 0 aliphatic carbocycles. The number of hydrogen-bond acceptors (Lipinski definition) is 6. The molecule has 2 aromatic rings. The molecule has 1 aliphatic heterocycles. The number of amides is 2. The number of rotatable bonds is 6. The van der Waals surface area contributed by atoms with Gasteiger partial charge in [-0.05, 0) is 17.7 Å². The van der Waals surface area contributed by atoms with Gasteiger partial charge in [-0.2, -0.15) is 4.98 Å². The van der Waals surface area contributed by atoms with Gasteiger partial charge in [0, 0.05) is 19.5 Å². The number of carbonyl (C=O) groups is 1. The Kier molecular flexibility index (Phi) is 5.73. The van der Waals surface area contributed by atoms with E-state index in [-0.39, 0.29) is 12.1 Å². The SMILES string of the molecule is COc1ccc(CNC(=O)N2CC[C@H](Oc3cncc(OC)n3)C2)cc1. The van der Waals surface area contributed by atoms with Gasteiger partial charge in [0.15, 0.2) is 0 Å². The van der Waals surface area contributed by atoms with Crippen LogP contribution in [0.5, 0.6) is 17.5 Å². The number of ether oxygens (including phenoxy) is 3. The number of hydrogen-bond donors (Lipinski definition) is 1. The van der Waals surface area contributed by atoms with E-state index in [0.717, 1.165) is 17.7 Å². The summed E-state index contributed by atoms with van der Waals surface area (Å²) in [6.45, 7) is 1.61. The predicted molar refractivity (Wildman–Crippen MR) is 94.4 cm³/mol. The quantitative estimate of drug-likeness (QED) is 0.848. The number of aromatic nitrogens is 2. The van der Waals surface area contributed by atoms with E-state index >= 15 is 0 Å². The van der Waals surface area contributed by atoms with Crippen molar-refractivity contribution < 1.29 is 19.0 Å². The lowest BCUT2D eigenvalue weighted by molar-refractivity contribution is 0.181. The van der Waals surface area contributed by atoms with Crippen LogP contribution in [-0.4, -0.2) is 54.3 Å². The summed E-state index contributed by atoms with van der Waals surface area (Å²) in [6, 6.07) is 7.49. The summed E-state index contributed by atoms with van der Waals surface area (Å²) in [7, 11) is 3.15. The molecule has 1 atom stereocenters. The second kappa shape index (κ2) is 8.37. The first-order valence-corrected chi connectivity index (χ1v) is 8.36. The first kappa shape index (κ1) is 17.8. The molecule has 8 heteroatoms. The highest BCUT2D eigenvalue weighted by Gasteiger charge is 2.28. The van der Waals surface area contributed by atoms with Crippen molar-refractivity contribution in [3.8, 4) is 17.5 Å². The lowest BCUT2D eigenvalue weighted by Gasteiger charge is -2.18. The maximum absolute atomic E-state index is 12.3. The highest BCUT2D eigenvalue weighted by molar-refractivity contribution is 5.74. The fraction of sp³-hybridized carbons (Fsp3) is 0.389. The van der Waals surface area contributed by atoms with E-state index in [4.69, 9.17) is 14.2 Å². The Balaban J connectivity index is 1.47. The maximum Gasteiger partial charge on any atom is 0.317 e. The molecule has 8 nitrogen and oxygen atoms in total. The van der Waals surface area contributed by atoms with E-state index in [0.29, 0.717) is 31.4 Å². The zero-order valence-corrected chi connectivity index (χ0v) is 14.8. The largest absolute Gasteiger partial charge is 0.497 e. The van der Waals surface area contributed by atoms with Crippen LogP contribution < -0.4 is 19.5 Å². The summed E-state index contributed by atoms with van der Waals surface area (Å²) < 4.78 is 16.0. The van der Waals surface area contributed by atoms with Gasteiger partial charge in [-0.1, -0.05) is 12.1 Å². The number of methoxy groups -OCH3 is 2. The molecule has 2 heterocycles. The number of nitrogens with one attached hydrogen (secondary N) is 1. The number of nitrogens with zero attached hydrogens (tertiary/aromatic N) is 3. The minimum atomic E-state index is -0.108. The van der Waals surface area contributed by atoms with E-state index in [1.54, 1.807) is 12.0 Å². The minimum absolute atomic E-state index is 0.108. The van der Waals surface area contributed by atoms with Crippen LogP contribution in [0.3, 0.4) is 0 Å². The Bertz CT molecular complexity index is 738. The normalized spacial score (nSPS) is 16.2. The molecule has 0 bridgehead atoms. The molecular formula is C18H22N4O4. The number of urea groups is 1. The topological polar surface area (TPSA) is 85.8 Å². The van der Waals surface area contributed by atoms with E-state index < -0.39 is 0 Å². The van der Waals surface area contributed by atoms with Crippen LogP contribution in [0.4, 0.5) is 4.79 Å². The van der Waals surface area contributed by atoms with E-state index in [9.17, 15) is 4.79 Å². The molecule has 1 N–H and O–H groups in total. The van der Waals surface area contributed by atoms with Crippen LogP contribution in [0.25, 0.3) is 0 Å². The first-order chi connectivity index (χ1) is 12.7. The number of likely N-dealkylation sites (tertiary alicyclic amines) is 1. The van der Waals surface area contributed by atoms with Crippen molar-refractivity contribution >= 4 is 6.03 Å². The Hall–Kier alpha value is -3.03. The van der Waals surface area contributed by atoms with E-state index in [2.05, 4.69) is 15.3 Å². The molecule has 0 unspecified atom stereocenters. The Morgan fingerprint density at radius 2 is 1.96 bits per heavy atom. The summed E-state index contributed by atoms with van der Waals surface area (Å²) in [5, 5.41) is 2.92. The van der Waals surface area contributed by atoms with Crippen LogP contribution in [-0.2, 0) is 6.54 Å². The van der Waals surface area contributed by atoms with Gasteiger partial charge < -0.3 is 24.4 Å². The smallest absolute Gasteiger partial charge is 0.317 e. The molecule has 3 rings (SSSR count). The highest BCUT2D eigenvalue weighted by Crippen LogP contribution is 2.18. The van der Waals surface area contributed by atoms with Crippen molar-refractivity contribution in [2.75, 3.05) is 27.3 Å². The molecule has 0 saturated carbocycles. The third-order valence-corrected chi connectivity index (χ3v) is 4.12. The molecule has 138 valence electrons. The Morgan fingerprint density at radius 3 is 2.69 bits per heavy atom. The summed E-state index contributed by atoms with van der Waals surface area (Å²) >= 11 is 0. The van der Waals surface area contributed by atoms with Crippen molar-refractivity contribution in [1.82, 2.24) is 20.2 Å². The Labute approximate surface area is 152 Å². The second-order valence-electron chi connectivity index (χ2n) is 5.88. The van der Waals surface area contributed by atoms with Crippen molar-refractivity contribution in [3.63, 3.8) is 0 Å². The molecule has 1 aromatic carbocycles. The van der Waals surface area contributed by atoms with Crippen molar-refractivity contribution in [1.29, 1.82) is 0 Å². The van der Waals surface area contributed by atoms with Crippen molar-refractivity contribution in [3.05, 3.63) is 42.2 Å². The number of carbonyl (C=O) groups excluding carboxylic acids is 1. The second-order valence-corrected chi connectivity index (χ2v) is 5.88. The van der Waals surface area contributed by atoms with E-state index in [1.807, 2.05) is 24.3 Å². The zero-order valence-electron chi connectivity index (χ0n) is 14.8. The standard InChI is InChI=1S/C18H22N4O4/c1-24-14-5-3-13(4-6-14)9-20-18(23)22-8-7-15(12-22)26-17-11-19-10-16(21-17)25-2/h3-6,10-11,15H,7-9,12H2,1-2H3,(H,20,23)/t15-/m0/s1. The van der Waals surface area contributed by atoms with Crippen molar-refractivity contribution in [2.45, 2.75) is 19.1 Å². The molecular weight excluding hydrogens is 336 g/mol. The van der Waals surface area contributed by atoms with Crippen LogP contribution in [0.1, 0.15) is 12.0 Å².